The van der Waals surface area contributed by atoms with Gasteiger partial charge in [0.15, 0.2) is 0 Å². The second kappa shape index (κ2) is 7.14. The lowest BCUT2D eigenvalue weighted by atomic mass is 9.88. The van der Waals surface area contributed by atoms with E-state index in [1.54, 1.807) is 24.3 Å². The van der Waals surface area contributed by atoms with E-state index in [-0.39, 0.29) is 6.42 Å². The average Bonchev–Trinajstić information content (AvgIpc) is 2.62. The van der Waals surface area contributed by atoms with Crippen molar-refractivity contribution in [1.82, 2.24) is 0 Å². The third-order valence-corrected chi connectivity index (χ3v) is 5.84. The molecule has 2 atom stereocenters. The van der Waals surface area contributed by atoms with E-state index in [0.717, 1.165) is 10.9 Å². The summed E-state index contributed by atoms with van der Waals surface area (Å²) < 4.78 is 12.3. The largest absolute Gasteiger partial charge is 0.528 e. The van der Waals surface area contributed by atoms with Crippen molar-refractivity contribution in [3.63, 3.8) is 0 Å². The first-order valence-corrected chi connectivity index (χ1v) is 9.19. The summed E-state index contributed by atoms with van der Waals surface area (Å²) in [7, 11) is -2.98. The van der Waals surface area contributed by atoms with E-state index in [0.29, 0.717) is 17.4 Å². The van der Waals surface area contributed by atoms with Crippen LogP contribution < -0.4 is 0 Å². The standard InChI is InChI=1S/C20H17O4P/c21-19(22)20(25(23)24,14-13-15-7-2-1-3-8-15)18-12-6-10-16-9-4-5-11-17(16)18/h1-12H,13-14H2,(H-,21,22,23,24)/p+1. The number of rotatable bonds is 6. The molecule has 3 aromatic carbocycles. The number of hydrogen-bond donors (Lipinski definition) is 2. The van der Waals surface area contributed by atoms with Crippen molar-refractivity contribution in [3.8, 4) is 0 Å². The predicted octanol–water partition coefficient (Wildman–Crippen LogP) is 4.49. The molecule has 0 spiro atoms. The first kappa shape index (κ1) is 17.3. The summed E-state index contributed by atoms with van der Waals surface area (Å²) in [5.41, 5.74) is 1.32. The number of hydrogen-bond acceptors (Lipinski definition) is 2. The SMILES string of the molecule is O=C(O)C(CCc1ccccc1)(c1cccc2ccccc12)[P+](=O)O. The Labute approximate surface area is 146 Å². The van der Waals surface area contributed by atoms with Crippen LogP contribution >= 0.6 is 8.03 Å². The molecule has 0 radical (unpaired) electrons. The fourth-order valence-corrected chi connectivity index (χ4v) is 4.06. The van der Waals surface area contributed by atoms with Crippen LogP contribution in [0.15, 0.2) is 72.8 Å². The van der Waals surface area contributed by atoms with Crippen LogP contribution in [0.25, 0.3) is 10.8 Å². The number of aryl methyl sites for hydroxylation is 1. The molecule has 0 aliphatic heterocycles. The van der Waals surface area contributed by atoms with Crippen molar-refractivity contribution in [2.75, 3.05) is 0 Å². The summed E-state index contributed by atoms with van der Waals surface area (Å²) in [5, 5.41) is 9.64. The van der Waals surface area contributed by atoms with Crippen molar-refractivity contribution in [1.29, 1.82) is 0 Å². The van der Waals surface area contributed by atoms with Crippen LogP contribution in [0, 0.1) is 0 Å². The molecule has 5 heteroatoms. The summed E-state index contributed by atoms with van der Waals surface area (Å²) in [4.78, 5) is 22.2. The zero-order chi connectivity index (χ0) is 17.9. The first-order valence-electron chi connectivity index (χ1n) is 7.97. The summed E-state index contributed by atoms with van der Waals surface area (Å²) >= 11 is 0. The third kappa shape index (κ3) is 3.19. The van der Waals surface area contributed by atoms with Gasteiger partial charge in [-0.1, -0.05) is 72.8 Å². The molecule has 4 nitrogen and oxygen atoms in total. The molecule has 126 valence electrons. The minimum Gasteiger partial charge on any atom is -0.477 e. The quantitative estimate of drug-likeness (QED) is 0.641. The van der Waals surface area contributed by atoms with Gasteiger partial charge in [-0.3, -0.25) is 0 Å². The molecule has 0 heterocycles. The second-order valence-electron chi connectivity index (χ2n) is 5.95. The van der Waals surface area contributed by atoms with Crippen LogP contribution in [0.4, 0.5) is 0 Å². The highest BCUT2D eigenvalue weighted by atomic mass is 31.1. The molecule has 25 heavy (non-hydrogen) atoms. The van der Waals surface area contributed by atoms with Gasteiger partial charge in [0.1, 0.15) is 0 Å². The third-order valence-electron chi connectivity index (χ3n) is 4.53. The second-order valence-corrected chi connectivity index (χ2v) is 7.26. The topological polar surface area (TPSA) is 74.6 Å². The monoisotopic (exact) mass is 353 g/mol. The summed E-state index contributed by atoms with van der Waals surface area (Å²) in [5.74, 6) is -1.27. The Balaban J connectivity index is 2.14. The van der Waals surface area contributed by atoms with Crippen LogP contribution in [-0.2, 0) is 20.9 Å². The van der Waals surface area contributed by atoms with E-state index >= 15 is 0 Å². The highest BCUT2D eigenvalue weighted by molar-refractivity contribution is 7.41. The van der Waals surface area contributed by atoms with Gasteiger partial charge in [-0.05, 0) is 27.3 Å². The zero-order valence-corrected chi connectivity index (χ0v) is 14.4. The van der Waals surface area contributed by atoms with Gasteiger partial charge in [0, 0.05) is 12.0 Å². The summed E-state index contributed by atoms with van der Waals surface area (Å²) in [6.45, 7) is 0. The van der Waals surface area contributed by atoms with E-state index in [1.807, 2.05) is 48.5 Å². The van der Waals surface area contributed by atoms with Gasteiger partial charge >= 0.3 is 19.2 Å². The van der Waals surface area contributed by atoms with Gasteiger partial charge in [-0.15, -0.1) is 0 Å². The van der Waals surface area contributed by atoms with E-state index in [2.05, 4.69) is 0 Å². The molecule has 0 aromatic heterocycles. The molecule has 0 aliphatic carbocycles. The minimum absolute atomic E-state index is 0.0477. The fourth-order valence-electron chi connectivity index (χ4n) is 3.19. The van der Waals surface area contributed by atoms with E-state index in [1.165, 1.54) is 0 Å². The van der Waals surface area contributed by atoms with E-state index < -0.39 is 19.2 Å². The van der Waals surface area contributed by atoms with Crippen LogP contribution in [-0.4, -0.2) is 16.0 Å². The van der Waals surface area contributed by atoms with Crippen molar-refractivity contribution in [3.05, 3.63) is 83.9 Å². The van der Waals surface area contributed by atoms with Crippen LogP contribution in [0.1, 0.15) is 17.5 Å². The number of benzene rings is 3. The first-order chi connectivity index (χ1) is 12.1. The van der Waals surface area contributed by atoms with Gasteiger partial charge in [-0.2, -0.15) is 4.89 Å². The van der Waals surface area contributed by atoms with Crippen molar-refractivity contribution in [2.45, 2.75) is 18.0 Å². The smallest absolute Gasteiger partial charge is 0.477 e. The summed E-state index contributed by atoms with van der Waals surface area (Å²) in [6, 6.07) is 22.0. The Kier molecular flexibility index (Phi) is 4.93. The van der Waals surface area contributed by atoms with Gasteiger partial charge in [0.2, 0.25) is 0 Å². The van der Waals surface area contributed by atoms with Gasteiger partial charge in [0.05, 0.1) is 0 Å². The maximum absolute atomic E-state index is 12.3. The Morgan fingerprint density at radius 2 is 1.56 bits per heavy atom. The number of carboxylic acid groups (broad SMARTS) is 1. The molecular weight excluding hydrogens is 335 g/mol. The lowest BCUT2D eigenvalue weighted by Crippen LogP contribution is -2.33. The molecule has 2 N–H and O–H groups in total. The molecule has 0 amide bonds. The Morgan fingerprint density at radius 3 is 2.24 bits per heavy atom. The maximum atomic E-state index is 12.3. The highest BCUT2D eigenvalue weighted by Crippen LogP contribution is 2.50. The summed E-state index contributed by atoms with van der Waals surface area (Å²) in [6.07, 6.45) is 0.448. The molecule has 0 saturated carbocycles. The lowest BCUT2D eigenvalue weighted by Gasteiger charge is -2.19. The number of fused-ring (bicyclic) bond motifs is 1. The lowest BCUT2D eigenvalue weighted by molar-refractivity contribution is -0.140. The van der Waals surface area contributed by atoms with Gasteiger partial charge in [-0.25, -0.2) is 4.79 Å². The predicted molar refractivity (Wildman–Crippen MR) is 97.9 cm³/mol. The molecule has 3 rings (SSSR count). The Morgan fingerprint density at radius 1 is 0.920 bits per heavy atom. The molecular formula is C20H18O4P+. The minimum atomic E-state index is -2.98. The number of carbonyl (C=O) groups is 1. The maximum Gasteiger partial charge on any atom is 0.528 e. The van der Waals surface area contributed by atoms with Crippen LogP contribution in [0.2, 0.25) is 0 Å². The van der Waals surface area contributed by atoms with Crippen molar-refractivity contribution >= 4 is 24.8 Å². The highest BCUT2D eigenvalue weighted by Gasteiger charge is 2.58. The molecule has 0 saturated heterocycles. The average molecular weight is 353 g/mol. The van der Waals surface area contributed by atoms with Gasteiger partial charge < -0.3 is 5.11 Å². The van der Waals surface area contributed by atoms with E-state index in [9.17, 15) is 19.4 Å². The van der Waals surface area contributed by atoms with Crippen molar-refractivity contribution in [2.24, 2.45) is 0 Å². The number of aliphatic carboxylic acids is 1. The van der Waals surface area contributed by atoms with Crippen LogP contribution in [0.5, 0.6) is 0 Å². The normalized spacial score (nSPS) is 14.0. The molecule has 2 unspecified atom stereocenters. The number of carboxylic acids is 1. The Bertz CT molecular complexity index is 902. The zero-order valence-electron chi connectivity index (χ0n) is 13.5. The molecule has 0 bridgehead atoms. The molecule has 0 fully saturated rings. The van der Waals surface area contributed by atoms with Crippen LogP contribution in [0.3, 0.4) is 0 Å². The fraction of sp³-hybridized carbons (Fsp3) is 0.150. The van der Waals surface area contributed by atoms with Gasteiger partial charge in [0.25, 0.3) is 0 Å². The van der Waals surface area contributed by atoms with Crippen molar-refractivity contribution < 1.29 is 19.4 Å². The molecule has 0 aliphatic rings. The van der Waals surface area contributed by atoms with E-state index in [4.69, 9.17) is 0 Å². The Hall–Kier alpha value is -2.55. The molecule has 3 aromatic rings.